The van der Waals surface area contributed by atoms with Crippen molar-refractivity contribution in [2.45, 2.75) is 84.6 Å². The first kappa shape index (κ1) is 27.0. The van der Waals surface area contributed by atoms with E-state index in [0.29, 0.717) is 11.8 Å². The average Bonchev–Trinajstić information content (AvgIpc) is 3.36. The third kappa shape index (κ3) is 3.52. The second-order valence-electron chi connectivity index (χ2n) is 13.8. The fourth-order valence-electron chi connectivity index (χ4n) is 8.83. The Balaban J connectivity index is 1.47. The largest absolute Gasteiger partial charge is 0.438 e. The van der Waals surface area contributed by atoms with Gasteiger partial charge in [0.15, 0.2) is 11.9 Å². The molecule has 1 aliphatic heterocycles. The first-order valence-electron chi connectivity index (χ1n) is 14.3. The number of carbonyl (C=O) groups excluding carboxylic acids is 1. The number of hydrogen-bond acceptors (Lipinski definition) is 6. The van der Waals surface area contributed by atoms with E-state index in [0.717, 1.165) is 28.8 Å². The zero-order chi connectivity index (χ0) is 28.3. The molecule has 7 heteroatoms. The molecule has 1 spiro atoms. The maximum absolute atomic E-state index is 13.7. The molecule has 0 aromatic heterocycles. The highest BCUT2D eigenvalue weighted by Gasteiger charge is 2.77. The third-order valence-electron chi connectivity index (χ3n) is 10.9. The summed E-state index contributed by atoms with van der Waals surface area (Å²) in [6.45, 7) is 14.5. The Hall–Kier alpha value is -2.19. The molecule has 212 valence electrons. The van der Waals surface area contributed by atoms with E-state index in [4.69, 9.17) is 14.2 Å². The number of carbonyl (C=O) groups is 1. The van der Waals surface area contributed by atoms with Gasteiger partial charge in [-0.05, 0) is 80.1 Å². The molecule has 1 amide bonds. The molecule has 1 aromatic carbocycles. The second kappa shape index (κ2) is 8.41. The van der Waals surface area contributed by atoms with Crippen LogP contribution in [0.1, 0.15) is 53.5 Å². The van der Waals surface area contributed by atoms with E-state index in [1.807, 2.05) is 58.0 Å². The summed E-state index contributed by atoms with van der Waals surface area (Å²) in [5.74, 6) is -0.461. The van der Waals surface area contributed by atoms with E-state index >= 15 is 0 Å². The minimum absolute atomic E-state index is 0.0770. The summed E-state index contributed by atoms with van der Waals surface area (Å²) in [6, 6.07) is 7.62. The number of nitrogens with zero attached hydrogens (tertiary/aromatic N) is 1. The molecule has 1 saturated heterocycles. The van der Waals surface area contributed by atoms with Crippen LogP contribution in [-0.4, -0.2) is 59.7 Å². The Labute approximate surface area is 231 Å². The molecule has 2 bridgehead atoms. The van der Waals surface area contributed by atoms with Crippen LogP contribution in [0.5, 0.6) is 0 Å². The lowest BCUT2D eigenvalue weighted by atomic mass is 9.58. The smallest absolute Gasteiger partial charge is 0.414 e. The minimum Gasteiger partial charge on any atom is -0.438 e. The van der Waals surface area contributed by atoms with E-state index in [-0.39, 0.29) is 23.9 Å². The summed E-state index contributed by atoms with van der Waals surface area (Å²) >= 11 is 0. The Morgan fingerprint density at radius 1 is 1.15 bits per heavy atom. The topological polar surface area (TPSA) is 88.5 Å². The Kier molecular flexibility index (Phi) is 5.83. The number of anilines is 1. The summed E-state index contributed by atoms with van der Waals surface area (Å²) in [4.78, 5) is 15.1. The predicted molar refractivity (Wildman–Crippen MR) is 148 cm³/mol. The van der Waals surface area contributed by atoms with E-state index in [9.17, 15) is 15.0 Å². The van der Waals surface area contributed by atoms with Crippen molar-refractivity contribution in [2.75, 3.05) is 18.6 Å². The molecule has 2 saturated carbocycles. The van der Waals surface area contributed by atoms with Crippen LogP contribution in [-0.2, 0) is 14.2 Å². The van der Waals surface area contributed by atoms with Gasteiger partial charge >= 0.3 is 6.09 Å². The molecule has 1 unspecified atom stereocenters. The van der Waals surface area contributed by atoms with Crippen LogP contribution >= 0.6 is 0 Å². The molecular weight excluding hydrogens is 494 g/mol. The molecule has 0 radical (unpaired) electrons. The molecule has 9 atom stereocenters. The van der Waals surface area contributed by atoms with Crippen LogP contribution in [0.15, 0.2) is 47.6 Å². The van der Waals surface area contributed by atoms with Gasteiger partial charge in [-0.25, -0.2) is 4.79 Å². The van der Waals surface area contributed by atoms with Crippen molar-refractivity contribution >= 4 is 11.8 Å². The van der Waals surface area contributed by atoms with Gasteiger partial charge in [0.25, 0.3) is 0 Å². The van der Waals surface area contributed by atoms with Gasteiger partial charge in [0.1, 0.15) is 11.7 Å². The number of aryl methyl sites for hydroxylation is 1. The maximum atomic E-state index is 13.7. The van der Waals surface area contributed by atoms with Crippen molar-refractivity contribution in [3.63, 3.8) is 0 Å². The monoisotopic (exact) mass is 537 g/mol. The number of amides is 1. The molecule has 6 rings (SSSR count). The molecular formula is C32H43NO6. The SMILES string of the molecule is CC1=C[C@]23C(O)[C@@H](C=C4COC(C)(C)O[C@H]4[C@]2(O)[C@H]1OC(=O)N(C)c1ccccc1C)[C@H]1[C@@H](C[C@H]3C)C1(C)C. The summed E-state index contributed by atoms with van der Waals surface area (Å²) in [5, 5.41) is 25.5. The fourth-order valence-corrected chi connectivity index (χ4v) is 8.83. The standard InChI is InChI=1S/C32H43NO6/c1-17-11-9-10-12-23(17)33(8)28(35)38-26-18(2)15-31-19(3)13-22-24(29(22,4)5)21(25(31)34)14-20-16-37-30(6,7)39-27(20)32(26,31)36/h9-12,14-15,19,21-22,24-27,34,36H,13,16H2,1-8H3/t19-,21+,22-,24+,25?,26+,27-,31+,32-/m1/s1. The number of rotatable bonds is 2. The van der Waals surface area contributed by atoms with E-state index in [1.54, 1.807) is 7.05 Å². The zero-order valence-corrected chi connectivity index (χ0v) is 24.4. The summed E-state index contributed by atoms with van der Waals surface area (Å²) in [5.41, 5.74) is 0.545. The number of para-hydroxylation sites is 1. The van der Waals surface area contributed by atoms with Gasteiger partial charge in [0.05, 0.1) is 18.1 Å². The lowest BCUT2D eigenvalue weighted by molar-refractivity contribution is -0.311. The quantitative estimate of drug-likeness (QED) is 0.517. The average molecular weight is 538 g/mol. The molecule has 7 nitrogen and oxygen atoms in total. The molecule has 2 N–H and O–H groups in total. The predicted octanol–water partition coefficient (Wildman–Crippen LogP) is 4.99. The maximum Gasteiger partial charge on any atom is 0.414 e. The van der Waals surface area contributed by atoms with Crippen LogP contribution < -0.4 is 4.90 Å². The normalized spacial score (nSPS) is 43.0. The lowest BCUT2D eigenvalue weighted by Crippen LogP contribution is -2.69. The van der Waals surface area contributed by atoms with Gasteiger partial charge < -0.3 is 24.4 Å². The molecule has 1 heterocycles. The number of benzene rings is 1. The van der Waals surface area contributed by atoms with E-state index in [2.05, 4.69) is 26.8 Å². The Morgan fingerprint density at radius 3 is 2.54 bits per heavy atom. The van der Waals surface area contributed by atoms with Crippen molar-refractivity contribution in [3.8, 4) is 0 Å². The summed E-state index contributed by atoms with van der Waals surface area (Å²) in [7, 11) is 1.68. The fraction of sp³-hybridized carbons (Fsp3) is 0.656. The number of aliphatic hydroxyl groups excluding tert-OH is 1. The first-order valence-corrected chi connectivity index (χ1v) is 14.3. The van der Waals surface area contributed by atoms with Crippen molar-refractivity contribution in [3.05, 3.63) is 53.1 Å². The number of aliphatic hydroxyl groups is 2. The van der Waals surface area contributed by atoms with Crippen LogP contribution in [0.4, 0.5) is 10.5 Å². The summed E-state index contributed by atoms with van der Waals surface area (Å²) < 4.78 is 18.9. The van der Waals surface area contributed by atoms with Crippen LogP contribution in [0.25, 0.3) is 0 Å². The van der Waals surface area contributed by atoms with Crippen molar-refractivity contribution in [1.82, 2.24) is 0 Å². The van der Waals surface area contributed by atoms with Gasteiger partial charge in [0, 0.05) is 18.7 Å². The summed E-state index contributed by atoms with van der Waals surface area (Å²) in [6.07, 6.45) is 1.76. The number of fused-ring (bicyclic) bond motifs is 5. The third-order valence-corrected chi connectivity index (χ3v) is 10.9. The van der Waals surface area contributed by atoms with Crippen molar-refractivity contribution in [1.29, 1.82) is 0 Å². The first-order chi connectivity index (χ1) is 18.2. The number of ether oxygens (including phenoxy) is 3. The van der Waals surface area contributed by atoms with Crippen LogP contribution in [0.2, 0.25) is 0 Å². The van der Waals surface area contributed by atoms with Gasteiger partial charge in [-0.2, -0.15) is 0 Å². The Morgan fingerprint density at radius 2 is 1.85 bits per heavy atom. The van der Waals surface area contributed by atoms with Gasteiger partial charge in [-0.15, -0.1) is 0 Å². The van der Waals surface area contributed by atoms with Gasteiger partial charge in [0.2, 0.25) is 0 Å². The molecule has 3 fully saturated rings. The van der Waals surface area contributed by atoms with Gasteiger partial charge in [-0.1, -0.05) is 51.1 Å². The highest BCUT2D eigenvalue weighted by Crippen LogP contribution is 2.73. The molecule has 5 aliphatic rings. The molecule has 1 aromatic rings. The van der Waals surface area contributed by atoms with Crippen LogP contribution in [0, 0.1) is 41.4 Å². The highest BCUT2D eigenvalue weighted by molar-refractivity contribution is 5.88. The Bertz CT molecular complexity index is 1270. The van der Waals surface area contributed by atoms with Crippen molar-refractivity contribution < 1.29 is 29.2 Å². The minimum atomic E-state index is -1.72. The van der Waals surface area contributed by atoms with Crippen LogP contribution in [0.3, 0.4) is 0 Å². The number of hydrogen-bond donors (Lipinski definition) is 2. The second-order valence-corrected chi connectivity index (χ2v) is 13.8. The molecule has 4 aliphatic carbocycles. The molecule has 39 heavy (non-hydrogen) atoms. The lowest BCUT2D eigenvalue weighted by Gasteiger charge is -2.55. The van der Waals surface area contributed by atoms with Gasteiger partial charge in [-0.3, -0.25) is 4.90 Å². The highest BCUT2D eigenvalue weighted by atomic mass is 16.7. The van der Waals surface area contributed by atoms with Crippen molar-refractivity contribution in [2.24, 2.45) is 34.5 Å². The van der Waals surface area contributed by atoms with E-state index < -0.39 is 41.2 Å². The van der Waals surface area contributed by atoms with E-state index in [1.165, 1.54) is 4.90 Å². The zero-order valence-electron chi connectivity index (χ0n) is 24.4.